The largest absolute Gasteiger partial charge is 0.369 e. The second-order valence-electron chi connectivity index (χ2n) is 4.50. The number of carbonyl (C=O) groups excluding carboxylic acids is 1. The van der Waals surface area contributed by atoms with E-state index >= 15 is 0 Å². The average Bonchev–Trinajstić information content (AvgIpc) is 2.73. The van der Waals surface area contributed by atoms with Crippen LogP contribution in [0.5, 0.6) is 0 Å². The lowest BCUT2D eigenvalue weighted by molar-refractivity contribution is -0.117. The number of aromatic nitrogens is 2. The zero-order chi connectivity index (χ0) is 15.8. The summed E-state index contributed by atoms with van der Waals surface area (Å²) in [6, 6.07) is 4.53. The van der Waals surface area contributed by atoms with Crippen LogP contribution in [-0.4, -0.2) is 29.1 Å². The number of carbonyl (C=O) groups is 1. The number of aryl methyl sites for hydroxylation is 1. The van der Waals surface area contributed by atoms with E-state index in [0.717, 1.165) is 5.52 Å². The van der Waals surface area contributed by atoms with Crippen LogP contribution >= 0.6 is 11.8 Å². The van der Waals surface area contributed by atoms with Crippen molar-refractivity contribution in [3.8, 4) is 0 Å². The Morgan fingerprint density at radius 3 is 2.67 bits per heavy atom. The molecule has 0 unspecified atom stereocenters. The SMILES string of the molecule is CCn1c(S[C@H](C)C(N)=O)nc2cc(S(N)(=O)=O)ccc21. The predicted octanol–water partition coefficient (Wildman–Crippen LogP) is 0.669. The number of fused-ring (bicyclic) bond motifs is 1. The van der Waals surface area contributed by atoms with E-state index in [4.69, 9.17) is 10.9 Å². The monoisotopic (exact) mass is 328 g/mol. The van der Waals surface area contributed by atoms with E-state index in [1.165, 1.54) is 23.9 Å². The minimum absolute atomic E-state index is 0.00949. The number of rotatable bonds is 5. The molecule has 0 aliphatic carbocycles. The zero-order valence-corrected chi connectivity index (χ0v) is 13.2. The lowest BCUT2D eigenvalue weighted by Gasteiger charge is -2.08. The van der Waals surface area contributed by atoms with Crippen molar-refractivity contribution in [1.29, 1.82) is 0 Å². The summed E-state index contributed by atoms with van der Waals surface area (Å²) >= 11 is 1.24. The third kappa shape index (κ3) is 3.20. The molecule has 7 nitrogen and oxygen atoms in total. The highest BCUT2D eigenvalue weighted by Gasteiger charge is 2.18. The zero-order valence-electron chi connectivity index (χ0n) is 11.6. The molecule has 0 fully saturated rings. The Hall–Kier alpha value is -1.58. The van der Waals surface area contributed by atoms with Crippen LogP contribution in [0.25, 0.3) is 11.0 Å². The van der Waals surface area contributed by atoms with E-state index in [-0.39, 0.29) is 4.90 Å². The van der Waals surface area contributed by atoms with Gasteiger partial charge in [0.2, 0.25) is 15.9 Å². The van der Waals surface area contributed by atoms with Crippen LogP contribution in [0, 0.1) is 0 Å². The second kappa shape index (κ2) is 5.66. The Morgan fingerprint density at radius 1 is 1.48 bits per heavy atom. The summed E-state index contributed by atoms with van der Waals surface area (Å²) in [5.74, 6) is -0.431. The summed E-state index contributed by atoms with van der Waals surface area (Å²) in [4.78, 5) is 15.6. The van der Waals surface area contributed by atoms with Crippen molar-refractivity contribution in [2.75, 3.05) is 0 Å². The minimum atomic E-state index is -3.77. The van der Waals surface area contributed by atoms with Crippen LogP contribution in [0.1, 0.15) is 13.8 Å². The first-order valence-corrected chi connectivity index (χ1v) is 8.65. The van der Waals surface area contributed by atoms with Crippen molar-refractivity contribution in [2.24, 2.45) is 10.9 Å². The highest BCUT2D eigenvalue weighted by molar-refractivity contribution is 8.00. The molecular weight excluding hydrogens is 312 g/mol. The Bertz CT molecular complexity index is 798. The maximum Gasteiger partial charge on any atom is 0.238 e. The van der Waals surface area contributed by atoms with Crippen LogP contribution in [0.2, 0.25) is 0 Å². The summed E-state index contributed by atoms with van der Waals surface area (Å²) in [7, 11) is -3.77. The summed E-state index contributed by atoms with van der Waals surface area (Å²) in [6.07, 6.45) is 0. The molecule has 0 saturated carbocycles. The summed E-state index contributed by atoms with van der Waals surface area (Å²) in [5.41, 5.74) is 6.56. The molecule has 0 saturated heterocycles. The average molecular weight is 328 g/mol. The number of amides is 1. The molecular formula is C12H16N4O3S2. The van der Waals surface area contributed by atoms with Gasteiger partial charge in [0.25, 0.3) is 0 Å². The van der Waals surface area contributed by atoms with Crippen molar-refractivity contribution in [2.45, 2.75) is 35.7 Å². The number of hydrogen-bond donors (Lipinski definition) is 2. The van der Waals surface area contributed by atoms with Crippen molar-refractivity contribution in [3.05, 3.63) is 18.2 Å². The Kier molecular flexibility index (Phi) is 4.26. The molecule has 1 aromatic heterocycles. The minimum Gasteiger partial charge on any atom is -0.369 e. The topological polar surface area (TPSA) is 121 Å². The first-order chi connectivity index (χ1) is 9.74. The molecule has 2 aromatic rings. The number of nitrogens with zero attached hydrogens (tertiary/aromatic N) is 2. The molecule has 1 atom stereocenters. The van der Waals surface area contributed by atoms with Gasteiger partial charge in [-0.3, -0.25) is 4.79 Å². The molecule has 0 aliphatic heterocycles. The highest BCUT2D eigenvalue weighted by Crippen LogP contribution is 2.28. The van der Waals surface area contributed by atoms with Gasteiger partial charge in [-0.1, -0.05) is 11.8 Å². The summed E-state index contributed by atoms with van der Waals surface area (Å²) < 4.78 is 24.7. The van der Waals surface area contributed by atoms with Gasteiger partial charge in [0, 0.05) is 6.54 Å². The van der Waals surface area contributed by atoms with Crippen molar-refractivity contribution < 1.29 is 13.2 Å². The fourth-order valence-electron chi connectivity index (χ4n) is 1.88. The Labute approximate surface area is 126 Å². The van der Waals surface area contributed by atoms with E-state index < -0.39 is 21.2 Å². The van der Waals surface area contributed by atoms with Crippen LogP contribution < -0.4 is 10.9 Å². The number of hydrogen-bond acceptors (Lipinski definition) is 5. The number of imidazole rings is 1. The lowest BCUT2D eigenvalue weighted by atomic mass is 10.3. The van der Waals surface area contributed by atoms with Gasteiger partial charge in [0.15, 0.2) is 5.16 Å². The van der Waals surface area contributed by atoms with Gasteiger partial charge in [-0.25, -0.2) is 18.5 Å². The van der Waals surface area contributed by atoms with Crippen LogP contribution in [0.4, 0.5) is 0 Å². The molecule has 9 heteroatoms. The van der Waals surface area contributed by atoms with E-state index in [1.807, 2.05) is 11.5 Å². The third-order valence-electron chi connectivity index (χ3n) is 3.01. The quantitative estimate of drug-likeness (QED) is 0.781. The normalized spacial score (nSPS) is 13.5. The number of sulfonamides is 1. The maximum atomic E-state index is 11.4. The van der Waals surface area contributed by atoms with E-state index in [1.54, 1.807) is 13.0 Å². The number of benzene rings is 1. The fourth-order valence-corrected chi connectivity index (χ4v) is 3.35. The van der Waals surface area contributed by atoms with Gasteiger partial charge in [-0.2, -0.15) is 0 Å². The Balaban J connectivity index is 2.55. The second-order valence-corrected chi connectivity index (χ2v) is 7.37. The molecule has 0 spiro atoms. The molecule has 2 rings (SSSR count). The van der Waals surface area contributed by atoms with Crippen LogP contribution in [-0.2, 0) is 21.4 Å². The summed E-state index contributed by atoms with van der Waals surface area (Å²) in [6.45, 7) is 4.27. The van der Waals surface area contributed by atoms with Crippen LogP contribution in [0.3, 0.4) is 0 Å². The van der Waals surface area contributed by atoms with Gasteiger partial charge < -0.3 is 10.3 Å². The molecule has 0 radical (unpaired) electrons. The molecule has 1 aromatic carbocycles. The van der Waals surface area contributed by atoms with Gasteiger partial charge >= 0.3 is 0 Å². The predicted molar refractivity (Wildman–Crippen MR) is 81.3 cm³/mol. The molecule has 0 bridgehead atoms. The molecule has 1 amide bonds. The van der Waals surface area contributed by atoms with E-state index in [2.05, 4.69) is 4.98 Å². The number of primary amides is 1. The van der Waals surface area contributed by atoms with Gasteiger partial charge in [0.05, 0.1) is 21.2 Å². The molecule has 0 aliphatic rings. The molecule has 114 valence electrons. The van der Waals surface area contributed by atoms with Gasteiger partial charge in [-0.05, 0) is 32.0 Å². The van der Waals surface area contributed by atoms with Crippen molar-refractivity contribution in [3.63, 3.8) is 0 Å². The first-order valence-electron chi connectivity index (χ1n) is 6.23. The van der Waals surface area contributed by atoms with Gasteiger partial charge in [-0.15, -0.1) is 0 Å². The van der Waals surface area contributed by atoms with E-state index in [0.29, 0.717) is 17.2 Å². The summed E-state index contributed by atoms with van der Waals surface area (Å²) in [5, 5.41) is 5.31. The maximum absolute atomic E-state index is 11.4. The number of nitrogens with two attached hydrogens (primary N) is 2. The number of thioether (sulfide) groups is 1. The lowest BCUT2D eigenvalue weighted by Crippen LogP contribution is -2.23. The highest BCUT2D eigenvalue weighted by atomic mass is 32.2. The smallest absolute Gasteiger partial charge is 0.238 e. The van der Waals surface area contributed by atoms with Gasteiger partial charge in [0.1, 0.15) is 0 Å². The molecule has 21 heavy (non-hydrogen) atoms. The first kappa shape index (κ1) is 15.8. The third-order valence-corrected chi connectivity index (χ3v) is 5.03. The number of primary sulfonamides is 1. The fraction of sp³-hybridized carbons (Fsp3) is 0.333. The van der Waals surface area contributed by atoms with E-state index in [9.17, 15) is 13.2 Å². The molecule has 1 heterocycles. The standard InChI is InChI=1S/C12H16N4O3S2/c1-3-16-10-5-4-8(21(14,18)19)6-9(10)15-12(16)20-7(2)11(13)17/h4-7H,3H2,1-2H3,(H2,13,17)(H2,14,18,19)/t7-/m1/s1. The van der Waals surface area contributed by atoms with Crippen LogP contribution in [0.15, 0.2) is 28.3 Å². The van der Waals surface area contributed by atoms with Crippen molar-refractivity contribution in [1.82, 2.24) is 9.55 Å². The van der Waals surface area contributed by atoms with Crippen molar-refractivity contribution >= 4 is 38.7 Å². The Morgan fingerprint density at radius 2 is 2.14 bits per heavy atom. The molecule has 4 N–H and O–H groups in total.